The van der Waals surface area contributed by atoms with E-state index in [4.69, 9.17) is 10.1 Å². The van der Waals surface area contributed by atoms with Crippen molar-refractivity contribution in [2.75, 3.05) is 0 Å². The van der Waals surface area contributed by atoms with E-state index in [1.165, 1.54) is 43.4 Å². The molecule has 175 valence electrons. The average Bonchev–Trinajstić information content (AvgIpc) is 3.24. The molecule has 0 bridgehead atoms. The predicted molar refractivity (Wildman–Crippen MR) is 140 cm³/mol. The SMILES string of the molecule is Cc1[c-]c(-c2nc3ccccc3c3c2sc2ccccc23)cc(C)c1.O=C(O)c1ccccn1.[Ir]. The van der Waals surface area contributed by atoms with E-state index in [1.807, 2.05) is 11.3 Å². The molecule has 0 saturated carbocycles. The third kappa shape index (κ3) is 5.01. The molecule has 3 aromatic carbocycles. The van der Waals surface area contributed by atoms with E-state index in [1.54, 1.807) is 12.1 Å². The summed E-state index contributed by atoms with van der Waals surface area (Å²) in [5, 5.41) is 12.2. The van der Waals surface area contributed by atoms with Gasteiger partial charge in [-0.2, -0.15) is 0 Å². The normalized spacial score (nSPS) is 10.6. The van der Waals surface area contributed by atoms with Crippen molar-refractivity contribution in [3.63, 3.8) is 0 Å². The smallest absolute Gasteiger partial charge is 0.354 e. The van der Waals surface area contributed by atoms with Crippen molar-refractivity contribution < 1.29 is 30.0 Å². The summed E-state index contributed by atoms with van der Waals surface area (Å²) in [7, 11) is 0. The molecule has 1 N–H and O–H groups in total. The zero-order chi connectivity index (χ0) is 23.7. The van der Waals surface area contributed by atoms with Gasteiger partial charge in [0.15, 0.2) is 0 Å². The zero-order valence-electron chi connectivity index (χ0n) is 19.1. The van der Waals surface area contributed by atoms with Crippen LogP contribution in [0.25, 0.3) is 42.3 Å². The molecule has 0 amide bonds. The van der Waals surface area contributed by atoms with Crippen molar-refractivity contribution in [2.45, 2.75) is 13.8 Å². The number of carboxylic acids is 1. The molecule has 0 aliphatic heterocycles. The maximum Gasteiger partial charge on any atom is 0.354 e. The summed E-state index contributed by atoms with van der Waals surface area (Å²) in [6.45, 7) is 4.23. The van der Waals surface area contributed by atoms with Crippen LogP contribution in [0.15, 0.2) is 85.1 Å². The molecule has 3 aromatic heterocycles. The Morgan fingerprint density at radius 3 is 2.31 bits per heavy atom. The van der Waals surface area contributed by atoms with Gasteiger partial charge < -0.3 is 5.11 Å². The van der Waals surface area contributed by atoms with E-state index in [0.29, 0.717) is 0 Å². The molecule has 0 spiro atoms. The van der Waals surface area contributed by atoms with E-state index >= 15 is 0 Å². The molecule has 6 rings (SSSR count). The van der Waals surface area contributed by atoms with E-state index in [9.17, 15) is 4.79 Å². The third-order valence-corrected chi connectivity index (χ3v) is 6.68. The van der Waals surface area contributed by atoms with E-state index in [2.05, 4.69) is 85.6 Å². The van der Waals surface area contributed by atoms with Crippen LogP contribution in [-0.4, -0.2) is 21.0 Å². The van der Waals surface area contributed by atoms with E-state index < -0.39 is 5.97 Å². The molecule has 6 heteroatoms. The predicted octanol–water partition coefficient (Wildman–Crippen LogP) is 7.46. The Hall–Kier alpha value is -3.44. The number of aromatic nitrogens is 2. The minimum atomic E-state index is -0.990. The number of carbonyl (C=O) groups is 1. The summed E-state index contributed by atoms with van der Waals surface area (Å²) in [4.78, 5) is 18.7. The maximum atomic E-state index is 10.1. The molecule has 0 fully saturated rings. The van der Waals surface area contributed by atoms with Gasteiger partial charge in [0.25, 0.3) is 0 Å². The van der Waals surface area contributed by atoms with Crippen LogP contribution in [0.1, 0.15) is 21.6 Å². The van der Waals surface area contributed by atoms with Crippen molar-refractivity contribution in [3.05, 3.63) is 108 Å². The average molecular weight is 654 g/mol. The van der Waals surface area contributed by atoms with E-state index in [-0.39, 0.29) is 25.8 Å². The Kier molecular flexibility index (Phi) is 7.36. The summed E-state index contributed by atoms with van der Waals surface area (Å²) in [6, 6.07) is 29.7. The molecule has 0 saturated heterocycles. The molecule has 0 aliphatic rings. The van der Waals surface area contributed by atoms with E-state index in [0.717, 1.165) is 22.3 Å². The minimum absolute atomic E-state index is 0. The summed E-state index contributed by atoms with van der Waals surface area (Å²) in [6.07, 6.45) is 1.45. The van der Waals surface area contributed by atoms with Gasteiger partial charge in [0.1, 0.15) is 5.69 Å². The molecule has 4 nitrogen and oxygen atoms in total. The topological polar surface area (TPSA) is 63.1 Å². The molecule has 3 heterocycles. The van der Waals surface area contributed by atoms with Gasteiger partial charge >= 0.3 is 5.97 Å². The number of nitrogens with zero attached hydrogens (tertiary/aromatic N) is 2. The number of hydrogen-bond acceptors (Lipinski definition) is 4. The van der Waals surface area contributed by atoms with Gasteiger partial charge in [0.05, 0.1) is 5.52 Å². The second-order valence-corrected chi connectivity index (χ2v) is 9.11. The number of thiophene rings is 1. The first-order chi connectivity index (χ1) is 16.5. The van der Waals surface area contributed by atoms with Gasteiger partial charge in [-0.15, -0.1) is 46.2 Å². The summed E-state index contributed by atoms with van der Waals surface area (Å²) in [5.74, 6) is -0.990. The van der Waals surface area contributed by atoms with Crippen LogP contribution < -0.4 is 0 Å². The molecule has 6 aromatic rings. The van der Waals surface area contributed by atoms with Crippen LogP contribution in [0, 0.1) is 19.9 Å². The minimum Gasteiger partial charge on any atom is -0.477 e. The van der Waals surface area contributed by atoms with Gasteiger partial charge in [0.2, 0.25) is 0 Å². The first kappa shape index (κ1) is 24.7. The molecule has 0 unspecified atom stereocenters. The molecule has 1 radical (unpaired) electrons. The number of hydrogen-bond donors (Lipinski definition) is 1. The Bertz CT molecular complexity index is 1640. The van der Waals surface area contributed by atoms with Crippen LogP contribution >= 0.6 is 11.3 Å². The van der Waals surface area contributed by atoms with Crippen LogP contribution in [0.3, 0.4) is 0 Å². The van der Waals surface area contributed by atoms with Crippen LogP contribution in [-0.2, 0) is 20.1 Å². The van der Waals surface area contributed by atoms with Crippen molar-refractivity contribution in [1.29, 1.82) is 0 Å². The van der Waals surface area contributed by atoms with Gasteiger partial charge in [-0.05, 0) is 24.3 Å². The van der Waals surface area contributed by atoms with Gasteiger partial charge in [-0.1, -0.05) is 56.3 Å². The number of para-hydroxylation sites is 1. The standard InChI is InChI=1S/C23H16NS.C6H5NO2.Ir/c1-14-11-15(2)13-16(12-14)22-23-21(17-7-3-5-9-19(17)24-22)18-8-4-6-10-20(18)25-23;8-6(9)5-3-1-2-4-7-5;/h3-12H,1-2H3;1-4H,(H,8,9);/q-1;;. The van der Waals surface area contributed by atoms with Gasteiger partial charge in [0, 0.05) is 57.6 Å². The fourth-order valence-electron chi connectivity index (χ4n) is 4.13. The number of benzene rings is 3. The Morgan fingerprint density at radius 1 is 0.914 bits per heavy atom. The summed E-state index contributed by atoms with van der Waals surface area (Å²) >= 11 is 1.83. The summed E-state index contributed by atoms with van der Waals surface area (Å²) in [5.41, 5.74) is 5.65. The zero-order valence-corrected chi connectivity index (χ0v) is 22.3. The Labute approximate surface area is 220 Å². The van der Waals surface area contributed by atoms with Gasteiger partial charge in [-0.25, -0.2) is 9.78 Å². The van der Waals surface area contributed by atoms with Gasteiger partial charge in [-0.3, -0.25) is 4.98 Å². The molecular formula is C29H21IrN2O2S-. The van der Waals surface area contributed by atoms with Crippen molar-refractivity contribution in [1.82, 2.24) is 9.97 Å². The number of carboxylic acid groups (broad SMARTS) is 1. The Morgan fingerprint density at radius 2 is 1.63 bits per heavy atom. The molecular weight excluding hydrogens is 633 g/mol. The fourth-order valence-corrected chi connectivity index (χ4v) is 5.35. The first-order valence-corrected chi connectivity index (χ1v) is 11.7. The third-order valence-electron chi connectivity index (χ3n) is 5.50. The van der Waals surface area contributed by atoms with Crippen LogP contribution in [0.2, 0.25) is 0 Å². The number of fused-ring (bicyclic) bond motifs is 5. The van der Waals surface area contributed by atoms with Crippen LogP contribution in [0.5, 0.6) is 0 Å². The maximum absolute atomic E-state index is 10.1. The van der Waals surface area contributed by atoms with Crippen molar-refractivity contribution in [3.8, 4) is 11.3 Å². The largest absolute Gasteiger partial charge is 0.477 e. The van der Waals surface area contributed by atoms with Crippen molar-refractivity contribution >= 4 is 48.4 Å². The first-order valence-electron chi connectivity index (χ1n) is 10.9. The quantitative estimate of drug-likeness (QED) is 0.197. The monoisotopic (exact) mass is 654 g/mol. The Balaban J connectivity index is 0.000000247. The number of pyridine rings is 2. The second-order valence-electron chi connectivity index (χ2n) is 8.05. The second kappa shape index (κ2) is 10.4. The van der Waals surface area contributed by atoms with Crippen molar-refractivity contribution in [2.24, 2.45) is 0 Å². The molecule has 0 aliphatic carbocycles. The number of aryl methyl sites for hydroxylation is 2. The fraction of sp³-hybridized carbons (Fsp3) is 0.0690. The molecule has 0 atom stereocenters. The van der Waals surface area contributed by atoms with Crippen LogP contribution in [0.4, 0.5) is 0 Å². The number of rotatable bonds is 2. The summed E-state index contributed by atoms with van der Waals surface area (Å²) < 4.78 is 2.56. The molecule has 35 heavy (non-hydrogen) atoms. The number of aromatic carboxylic acids is 1.